The second kappa shape index (κ2) is 20.0. The van der Waals surface area contributed by atoms with Crippen LogP contribution in [0.3, 0.4) is 0 Å². The maximum absolute atomic E-state index is 11.3. The fourth-order valence-corrected chi connectivity index (χ4v) is 11.0. The summed E-state index contributed by atoms with van der Waals surface area (Å²) in [7, 11) is 0. The lowest BCUT2D eigenvalue weighted by Crippen LogP contribution is -2.05. The third-order valence-electron chi connectivity index (χ3n) is 14.6. The van der Waals surface area contributed by atoms with Gasteiger partial charge >= 0.3 is 0 Å². The highest BCUT2D eigenvalue weighted by Crippen LogP contribution is 2.46. The van der Waals surface area contributed by atoms with Gasteiger partial charge in [-0.1, -0.05) is 60.7 Å². The molecule has 0 saturated heterocycles. The van der Waals surface area contributed by atoms with E-state index in [-0.39, 0.29) is 28.3 Å². The van der Waals surface area contributed by atoms with Gasteiger partial charge in [-0.2, -0.15) is 31.6 Å². The van der Waals surface area contributed by atoms with Gasteiger partial charge in [0.1, 0.15) is 0 Å². The smallest absolute Gasteiger partial charge is 0.189 e. The normalized spacial score (nSPS) is 10.6. The molecule has 0 radical (unpaired) electrons. The van der Waals surface area contributed by atoms with Crippen LogP contribution in [0.15, 0.2) is 182 Å². The Kier molecular flexibility index (Phi) is 12.1. The monoisotopic (exact) mass is 1040 g/mol. The summed E-state index contributed by atoms with van der Waals surface area (Å²) in [6.07, 6.45) is 0. The van der Waals surface area contributed by atoms with Crippen molar-refractivity contribution in [2.75, 3.05) is 0 Å². The molecule has 12 rings (SSSR count). The number of aromatic nitrogens is 2. The Morgan fingerprint density at radius 3 is 0.829 bits per heavy atom. The van der Waals surface area contributed by atoms with Crippen LogP contribution in [0.4, 0.5) is 22.7 Å². The Morgan fingerprint density at radius 1 is 0.268 bits per heavy atom. The van der Waals surface area contributed by atoms with E-state index in [0.29, 0.717) is 117 Å². The van der Waals surface area contributed by atoms with Crippen molar-refractivity contribution in [2.45, 2.75) is 0 Å². The molecule has 0 amide bonds. The number of hydrogen-bond acceptors (Lipinski definition) is 6. The quantitative estimate of drug-likeness (QED) is 0.144. The van der Waals surface area contributed by atoms with E-state index in [9.17, 15) is 31.6 Å². The first-order valence-electron chi connectivity index (χ1n) is 25.1. The molecule has 0 aliphatic rings. The van der Waals surface area contributed by atoms with Crippen molar-refractivity contribution >= 4 is 66.4 Å². The van der Waals surface area contributed by atoms with Crippen molar-refractivity contribution in [3.8, 4) is 103 Å². The van der Waals surface area contributed by atoms with E-state index in [4.69, 9.17) is 26.3 Å². The average Bonchev–Trinajstić information content (AvgIpc) is 2.27. The second-order valence-corrected chi connectivity index (χ2v) is 19.3. The maximum Gasteiger partial charge on any atom is 0.189 e. The van der Waals surface area contributed by atoms with Gasteiger partial charge in [-0.15, -0.1) is 0 Å². The molecule has 370 valence electrons. The molecule has 12 nitrogen and oxygen atoms in total. The number of benzene rings is 10. The number of nitrogens with zero attached hydrogens (tertiary/aromatic N) is 12. The van der Waals surface area contributed by atoms with E-state index in [1.165, 1.54) is 24.3 Å². The maximum atomic E-state index is 11.3. The van der Waals surface area contributed by atoms with Gasteiger partial charge in [0.05, 0.1) is 107 Å². The summed E-state index contributed by atoms with van der Waals surface area (Å²) in [4.78, 5) is 14.7. The van der Waals surface area contributed by atoms with Crippen molar-refractivity contribution in [2.24, 2.45) is 0 Å². The zero-order chi connectivity index (χ0) is 56.8. The molecule has 0 bridgehead atoms. The standard InChI is InChI=1S/C70H30N12/c1-77-56-21-42(36-72)17-52(27-56)47-8-12-60-61-13-9-48(53-18-43(37-73)22-57(28-53)78-2)32-65(61)81(64(60)31-47)68-25-46(40-76)26-69(70(68)51-7-5-6-41(16-51)35-71)82-66-33-49(54-19-44(38-74)23-58(29-54)79-3)10-14-62(66)63-15-11-50(34-67(63)82)55-20-45(39-75)24-59(30-55)80-4/h5-34H. The lowest BCUT2D eigenvalue weighted by molar-refractivity contribution is 1.13. The molecule has 10 aromatic carbocycles. The molecule has 0 fully saturated rings. The van der Waals surface area contributed by atoms with Gasteiger partial charge in [-0.3, -0.25) is 0 Å². The van der Waals surface area contributed by atoms with Crippen LogP contribution < -0.4 is 0 Å². The van der Waals surface area contributed by atoms with Crippen LogP contribution in [0.2, 0.25) is 0 Å². The first kappa shape index (κ1) is 49.6. The van der Waals surface area contributed by atoms with Crippen LogP contribution in [0, 0.1) is 94.3 Å². The second-order valence-electron chi connectivity index (χ2n) is 19.3. The van der Waals surface area contributed by atoms with Crippen molar-refractivity contribution in [3.05, 3.63) is 261 Å². The fraction of sp³-hybridized carbons (Fsp3) is 0. The Morgan fingerprint density at radius 2 is 0.549 bits per heavy atom. The summed E-state index contributed by atoms with van der Waals surface area (Å²) in [5.74, 6) is 0. The zero-order valence-corrected chi connectivity index (χ0v) is 42.7. The van der Waals surface area contributed by atoms with Crippen LogP contribution in [0.25, 0.3) is 130 Å². The third kappa shape index (κ3) is 8.44. The Labute approximate surface area is 469 Å². The van der Waals surface area contributed by atoms with E-state index < -0.39 is 0 Å². The van der Waals surface area contributed by atoms with E-state index in [2.05, 4.69) is 64.9 Å². The highest BCUT2D eigenvalue weighted by Gasteiger charge is 2.25. The fourth-order valence-electron chi connectivity index (χ4n) is 11.0. The first-order chi connectivity index (χ1) is 40.1. The van der Waals surface area contributed by atoms with Gasteiger partial charge in [0.15, 0.2) is 22.7 Å². The van der Waals surface area contributed by atoms with Gasteiger partial charge in [0.2, 0.25) is 0 Å². The van der Waals surface area contributed by atoms with Crippen molar-refractivity contribution in [3.63, 3.8) is 0 Å². The van der Waals surface area contributed by atoms with Crippen LogP contribution in [0.5, 0.6) is 0 Å². The SMILES string of the molecule is [C-]#[N+]c1cc(C#N)cc(-c2ccc3c4ccc(-c5cc(C#N)cc([N+]#[C-])c5)cc4n(-c4cc(C#N)cc(-n5c6cc(-c7cc(C#N)cc([N+]#[C-])c7)ccc6c6ccc(-c7cc(C#N)cc([N+]#[C-])c7)cc65)c4-c4cccc(C#N)c4)c3c2)c1. The summed E-state index contributed by atoms with van der Waals surface area (Å²) in [6, 6.07) is 68.0. The van der Waals surface area contributed by atoms with E-state index in [0.717, 1.165) is 21.5 Å². The Balaban J connectivity index is 1.27. The summed E-state index contributed by atoms with van der Waals surface area (Å²) in [5, 5.41) is 65.5. The molecule has 82 heavy (non-hydrogen) atoms. The molecule has 0 aliphatic heterocycles. The van der Waals surface area contributed by atoms with E-state index in [1.54, 1.807) is 78.9 Å². The Bertz CT molecular complexity index is 4620. The summed E-state index contributed by atoms with van der Waals surface area (Å²) < 4.78 is 4.13. The van der Waals surface area contributed by atoms with E-state index in [1.807, 2.05) is 78.9 Å². The van der Waals surface area contributed by atoms with Crippen molar-refractivity contribution < 1.29 is 0 Å². The highest BCUT2D eigenvalue weighted by atomic mass is 15.0. The average molecular weight is 1040 g/mol. The molecule has 0 atom stereocenters. The lowest BCUT2D eigenvalue weighted by Gasteiger charge is -2.21. The lowest BCUT2D eigenvalue weighted by atomic mass is 9.96. The number of rotatable bonds is 7. The van der Waals surface area contributed by atoms with Gasteiger partial charge < -0.3 is 9.13 Å². The molecule has 2 aromatic heterocycles. The predicted octanol–water partition coefficient (Wildman–Crippen LogP) is 17.6. The largest absolute Gasteiger partial charge is 0.308 e. The summed E-state index contributed by atoms with van der Waals surface area (Å²) >= 11 is 0. The molecule has 12 aromatic rings. The van der Waals surface area contributed by atoms with Gasteiger partial charge in [-0.05, 0) is 171 Å². The third-order valence-corrected chi connectivity index (χ3v) is 14.6. The van der Waals surface area contributed by atoms with Crippen molar-refractivity contribution in [1.82, 2.24) is 9.13 Å². The minimum Gasteiger partial charge on any atom is -0.308 e. The highest BCUT2D eigenvalue weighted by molar-refractivity contribution is 6.14. The topological polar surface area (TPSA) is 170 Å². The number of nitriles is 6. The summed E-state index contributed by atoms with van der Waals surface area (Å²) in [5.41, 5.74) is 13.2. The first-order valence-corrected chi connectivity index (χ1v) is 25.1. The molecular formula is C70H30N12. The minimum atomic E-state index is 0.258. The van der Waals surface area contributed by atoms with Gasteiger partial charge in [-0.25, -0.2) is 19.4 Å². The number of hydrogen-bond donors (Lipinski definition) is 0. The minimum absolute atomic E-state index is 0.258. The molecule has 0 spiro atoms. The predicted molar refractivity (Wildman–Crippen MR) is 316 cm³/mol. The van der Waals surface area contributed by atoms with Crippen LogP contribution in [-0.4, -0.2) is 9.13 Å². The molecule has 0 unspecified atom stereocenters. The molecule has 0 saturated carbocycles. The zero-order valence-electron chi connectivity index (χ0n) is 42.7. The molecular weight excluding hydrogens is 1010 g/mol. The molecule has 0 N–H and O–H groups in total. The van der Waals surface area contributed by atoms with Crippen LogP contribution in [-0.2, 0) is 0 Å². The molecule has 2 heterocycles. The van der Waals surface area contributed by atoms with Crippen LogP contribution in [0.1, 0.15) is 33.4 Å². The van der Waals surface area contributed by atoms with E-state index >= 15 is 0 Å². The van der Waals surface area contributed by atoms with Crippen molar-refractivity contribution in [1.29, 1.82) is 31.6 Å². The molecule has 12 heteroatoms. The van der Waals surface area contributed by atoms with Gasteiger partial charge in [0.25, 0.3) is 0 Å². The Hall–Kier alpha value is -13.3. The van der Waals surface area contributed by atoms with Gasteiger partial charge in [0, 0.05) is 49.4 Å². The molecule has 0 aliphatic carbocycles. The number of fused-ring (bicyclic) bond motifs is 6. The summed E-state index contributed by atoms with van der Waals surface area (Å²) in [6.45, 7) is 31.5. The van der Waals surface area contributed by atoms with Crippen LogP contribution >= 0.6 is 0 Å².